The molecule has 2 aliphatic carbocycles. The van der Waals surface area contributed by atoms with Gasteiger partial charge in [0.1, 0.15) is 17.8 Å². The Balaban J connectivity index is 1.57. The number of fused-ring (bicyclic) bond motifs is 1. The van der Waals surface area contributed by atoms with Crippen molar-refractivity contribution in [2.45, 2.75) is 76.7 Å². The smallest absolute Gasteiger partial charge is 0.274 e. The van der Waals surface area contributed by atoms with E-state index in [9.17, 15) is 8.42 Å². The molecule has 2 aliphatic rings. The molecule has 0 bridgehead atoms. The van der Waals surface area contributed by atoms with Crippen LogP contribution >= 0.6 is 0 Å². The van der Waals surface area contributed by atoms with E-state index in [0.717, 1.165) is 42.2 Å². The molecule has 0 aliphatic heterocycles. The van der Waals surface area contributed by atoms with E-state index in [1.807, 2.05) is 0 Å². The monoisotopic (exact) mass is 494 g/mol. The molecule has 2 aromatic rings. The highest BCUT2D eigenvalue weighted by Gasteiger charge is 2.44. The lowest BCUT2D eigenvalue weighted by Crippen LogP contribution is -2.46. The fourth-order valence-corrected chi connectivity index (χ4v) is 6.24. The van der Waals surface area contributed by atoms with E-state index in [1.54, 1.807) is 6.33 Å². The van der Waals surface area contributed by atoms with Crippen molar-refractivity contribution >= 4 is 35.4 Å². The molecule has 33 heavy (non-hydrogen) atoms. The SMILES string of the molecule is CC(C)(C)[Si](C)(C)O[C@H]1C[C@H](n2ccc3c(NCC4CC4)ncnc32)C[C@H]1CNS(N)(=O)=O. The minimum absolute atomic E-state index is 0.0363. The van der Waals surface area contributed by atoms with Gasteiger partial charge in [0.05, 0.1) is 11.5 Å². The Morgan fingerprint density at radius 1 is 1.21 bits per heavy atom. The molecule has 4 N–H and O–H groups in total. The molecule has 0 aromatic carbocycles. The summed E-state index contributed by atoms with van der Waals surface area (Å²) in [4.78, 5) is 9.05. The fourth-order valence-electron chi connectivity index (χ4n) is 4.39. The third-order valence-electron chi connectivity index (χ3n) is 7.56. The van der Waals surface area contributed by atoms with Gasteiger partial charge in [0.15, 0.2) is 8.32 Å². The molecule has 0 spiro atoms. The van der Waals surface area contributed by atoms with Crippen molar-refractivity contribution in [2.24, 2.45) is 17.0 Å². The molecule has 11 heteroatoms. The van der Waals surface area contributed by atoms with Gasteiger partial charge in [-0.15, -0.1) is 0 Å². The Kier molecular flexibility index (Phi) is 6.64. The van der Waals surface area contributed by atoms with Gasteiger partial charge in [0, 0.05) is 25.3 Å². The summed E-state index contributed by atoms with van der Waals surface area (Å²) >= 11 is 0. The van der Waals surface area contributed by atoms with Gasteiger partial charge in [-0.1, -0.05) is 20.8 Å². The second-order valence-corrected chi connectivity index (χ2v) is 17.3. The lowest BCUT2D eigenvalue weighted by atomic mass is 10.1. The summed E-state index contributed by atoms with van der Waals surface area (Å²) < 4.78 is 34.7. The van der Waals surface area contributed by atoms with E-state index < -0.39 is 18.5 Å². The highest BCUT2D eigenvalue weighted by molar-refractivity contribution is 7.87. The molecular weight excluding hydrogens is 456 g/mol. The van der Waals surface area contributed by atoms with E-state index in [0.29, 0.717) is 0 Å². The van der Waals surface area contributed by atoms with Gasteiger partial charge < -0.3 is 14.3 Å². The van der Waals surface area contributed by atoms with Crippen molar-refractivity contribution in [1.29, 1.82) is 0 Å². The van der Waals surface area contributed by atoms with E-state index in [-0.39, 0.29) is 29.6 Å². The Morgan fingerprint density at radius 3 is 2.58 bits per heavy atom. The van der Waals surface area contributed by atoms with Crippen LogP contribution in [0.1, 0.15) is 52.5 Å². The molecular formula is C22H38N6O3SSi. The standard InChI is InChI=1S/C22H38N6O3SSi/c1-22(2,3)33(4,5)31-19-11-17(10-16(19)13-27-32(23,29)30)28-9-8-18-20(24-12-15-6-7-15)25-14-26-21(18)28/h8-9,14-17,19,27H,6-7,10-13H2,1-5H3,(H2,23,29,30)(H,24,25,26)/t16-,17+,19-/m0/s1. The molecule has 0 saturated heterocycles. The zero-order valence-electron chi connectivity index (χ0n) is 20.3. The van der Waals surface area contributed by atoms with Gasteiger partial charge >= 0.3 is 0 Å². The third-order valence-corrected chi connectivity index (χ3v) is 12.6. The summed E-state index contributed by atoms with van der Waals surface area (Å²) in [5.74, 6) is 1.67. The van der Waals surface area contributed by atoms with Crippen molar-refractivity contribution in [3.05, 3.63) is 18.6 Å². The van der Waals surface area contributed by atoms with Crippen molar-refractivity contribution in [3.8, 4) is 0 Å². The number of nitrogens with zero attached hydrogens (tertiary/aromatic N) is 3. The van der Waals surface area contributed by atoms with Crippen LogP contribution < -0.4 is 15.2 Å². The topological polar surface area (TPSA) is 124 Å². The average Bonchev–Trinajstić information content (AvgIpc) is 3.29. The van der Waals surface area contributed by atoms with Crippen LogP contribution in [0.3, 0.4) is 0 Å². The quantitative estimate of drug-likeness (QED) is 0.459. The largest absolute Gasteiger partial charge is 0.414 e. The van der Waals surface area contributed by atoms with Gasteiger partial charge in [-0.05, 0) is 61.7 Å². The minimum atomic E-state index is -3.76. The molecule has 0 amide bonds. The van der Waals surface area contributed by atoms with Crippen LogP contribution in [0, 0.1) is 11.8 Å². The minimum Gasteiger partial charge on any atom is -0.414 e. The second-order valence-electron chi connectivity index (χ2n) is 11.2. The van der Waals surface area contributed by atoms with Crippen molar-refractivity contribution in [2.75, 3.05) is 18.4 Å². The van der Waals surface area contributed by atoms with Gasteiger partial charge in [-0.2, -0.15) is 8.42 Å². The molecule has 3 atom stereocenters. The molecule has 2 fully saturated rings. The molecule has 0 radical (unpaired) electrons. The van der Waals surface area contributed by atoms with Crippen LogP contribution in [-0.4, -0.2) is 50.5 Å². The molecule has 184 valence electrons. The van der Waals surface area contributed by atoms with E-state index >= 15 is 0 Å². The first-order valence-electron chi connectivity index (χ1n) is 11.8. The molecule has 2 saturated carbocycles. The summed E-state index contributed by atoms with van der Waals surface area (Å²) in [7, 11) is -5.79. The number of nitrogens with one attached hydrogen (secondary N) is 2. The van der Waals surface area contributed by atoms with Crippen molar-refractivity contribution in [3.63, 3.8) is 0 Å². The van der Waals surface area contributed by atoms with E-state index in [2.05, 4.69) is 70.7 Å². The Labute approximate surface area is 198 Å². The maximum Gasteiger partial charge on any atom is 0.274 e. The lowest BCUT2D eigenvalue weighted by Gasteiger charge is -2.39. The number of aromatic nitrogens is 3. The number of hydrogen-bond donors (Lipinski definition) is 3. The molecule has 2 aromatic heterocycles. The van der Waals surface area contributed by atoms with Gasteiger partial charge in [-0.3, -0.25) is 0 Å². The maximum atomic E-state index is 11.6. The number of nitrogens with two attached hydrogens (primary N) is 1. The maximum absolute atomic E-state index is 11.6. The summed E-state index contributed by atoms with van der Waals surface area (Å²) in [6.45, 7) is 12.4. The summed E-state index contributed by atoms with van der Waals surface area (Å²) in [6.07, 6.45) is 7.82. The highest BCUT2D eigenvalue weighted by Crippen LogP contribution is 2.44. The van der Waals surface area contributed by atoms with Crippen molar-refractivity contribution < 1.29 is 12.8 Å². The third kappa shape index (κ3) is 5.76. The Morgan fingerprint density at radius 2 is 1.94 bits per heavy atom. The summed E-state index contributed by atoms with van der Waals surface area (Å²) in [6, 6.07) is 2.24. The molecule has 9 nitrogen and oxygen atoms in total. The zero-order chi connectivity index (χ0) is 24.0. The van der Waals surface area contributed by atoms with Gasteiger partial charge in [-0.25, -0.2) is 19.8 Å². The van der Waals surface area contributed by atoms with Crippen LogP contribution in [0.5, 0.6) is 0 Å². The average molecular weight is 495 g/mol. The predicted octanol–water partition coefficient (Wildman–Crippen LogP) is 3.39. The Hall–Kier alpha value is -1.53. The highest BCUT2D eigenvalue weighted by atomic mass is 32.2. The fraction of sp³-hybridized carbons (Fsp3) is 0.727. The van der Waals surface area contributed by atoms with Crippen LogP contribution in [0.15, 0.2) is 18.6 Å². The molecule has 2 heterocycles. The Bertz CT molecular complexity index is 1090. The summed E-state index contributed by atoms with van der Waals surface area (Å²) in [5, 5.41) is 9.80. The normalized spacial score (nSPS) is 24.5. The molecule has 0 unspecified atom stereocenters. The van der Waals surface area contributed by atoms with Crippen LogP contribution in [0.25, 0.3) is 11.0 Å². The lowest BCUT2D eigenvalue weighted by molar-refractivity contribution is 0.141. The summed E-state index contributed by atoms with van der Waals surface area (Å²) in [5.41, 5.74) is 0.902. The van der Waals surface area contributed by atoms with Crippen LogP contribution in [-0.2, 0) is 14.6 Å². The number of anilines is 1. The van der Waals surface area contributed by atoms with Crippen molar-refractivity contribution in [1.82, 2.24) is 19.3 Å². The van der Waals surface area contributed by atoms with Gasteiger partial charge in [0.2, 0.25) is 0 Å². The molecule has 4 rings (SSSR count). The van der Waals surface area contributed by atoms with Crippen LogP contribution in [0.2, 0.25) is 18.1 Å². The first-order valence-corrected chi connectivity index (χ1v) is 16.3. The number of rotatable bonds is 9. The first kappa shape index (κ1) is 24.6. The van der Waals surface area contributed by atoms with Crippen LogP contribution in [0.4, 0.5) is 5.82 Å². The first-order chi connectivity index (χ1) is 15.3. The van der Waals surface area contributed by atoms with E-state index in [4.69, 9.17) is 9.56 Å². The second kappa shape index (κ2) is 8.92. The number of hydrogen-bond acceptors (Lipinski definition) is 6. The van der Waals surface area contributed by atoms with E-state index in [1.165, 1.54) is 12.8 Å². The zero-order valence-corrected chi connectivity index (χ0v) is 22.2. The van der Waals surface area contributed by atoms with Gasteiger partial charge in [0.25, 0.3) is 10.2 Å². The predicted molar refractivity (Wildman–Crippen MR) is 134 cm³/mol.